The van der Waals surface area contributed by atoms with Crippen LogP contribution in [0.3, 0.4) is 0 Å². The van der Waals surface area contributed by atoms with Crippen molar-refractivity contribution in [1.82, 2.24) is 10.6 Å². The fourth-order valence-electron chi connectivity index (χ4n) is 4.12. The van der Waals surface area contributed by atoms with Crippen LogP contribution in [0.1, 0.15) is 28.8 Å². The lowest BCUT2D eigenvalue weighted by atomic mass is 10.0. The lowest BCUT2D eigenvalue weighted by Crippen LogP contribution is -2.48. The third-order valence-corrected chi connectivity index (χ3v) is 6.15. The fourth-order valence-corrected chi connectivity index (χ4v) is 4.65. The molecular formula is C22H24Cl2N4O2. The lowest BCUT2D eigenvalue weighted by molar-refractivity contribution is 0.0933. The van der Waals surface area contributed by atoms with Crippen LogP contribution in [0.25, 0.3) is 0 Å². The van der Waals surface area contributed by atoms with Crippen molar-refractivity contribution in [3.63, 3.8) is 0 Å². The molecule has 0 spiro atoms. The van der Waals surface area contributed by atoms with E-state index in [4.69, 9.17) is 23.2 Å². The zero-order chi connectivity index (χ0) is 21.3. The minimum absolute atomic E-state index is 0.0299. The number of amides is 3. The molecule has 2 aromatic carbocycles. The number of carbonyl (C=O) groups is 2. The molecule has 2 aliphatic rings. The van der Waals surface area contributed by atoms with Gasteiger partial charge in [0.25, 0.3) is 5.91 Å². The number of hydrogen-bond donors (Lipinski definition) is 2. The average Bonchev–Trinajstić information content (AvgIpc) is 3.13. The molecule has 8 heteroatoms. The minimum Gasteiger partial charge on any atom is -0.368 e. The maximum absolute atomic E-state index is 12.9. The number of halogens is 2. The summed E-state index contributed by atoms with van der Waals surface area (Å²) in [6, 6.07) is 10.9. The summed E-state index contributed by atoms with van der Waals surface area (Å²) in [6.07, 6.45) is 1.88. The molecule has 1 atom stereocenters. The molecule has 1 unspecified atom stereocenters. The summed E-state index contributed by atoms with van der Waals surface area (Å²) in [6.45, 7) is 4.77. The highest BCUT2D eigenvalue weighted by molar-refractivity contribution is 6.36. The summed E-state index contributed by atoms with van der Waals surface area (Å²) in [7, 11) is 0. The molecule has 30 heavy (non-hydrogen) atoms. The zero-order valence-corrected chi connectivity index (χ0v) is 18.3. The van der Waals surface area contributed by atoms with Crippen LogP contribution < -0.4 is 20.4 Å². The molecule has 6 nitrogen and oxygen atoms in total. The number of piperidine rings is 1. The Morgan fingerprint density at radius 2 is 1.93 bits per heavy atom. The molecule has 2 N–H and O–H groups in total. The van der Waals surface area contributed by atoms with Crippen LogP contribution in [0.4, 0.5) is 16.2 Å². The molecule has 0 saturated carbocycles. The largest absolute Gasteiger partial charge is 0.368 e. The summed E-state index contributed by atoms with van der Waals surface area (Å²) in [5.74, 6) is -0.107. The van der Waals surface area contributed by atoms with Crippen LogP contribution >= 0.6 is 23.2 Å². The molecule has 2 saturated heterocycles. The van der Waals surface area contributed by atoms with Gasteiger partial charge >= 0.3 is 6.03 Å². The van der Waals surface area contributed by atoms with E-state index in [0.717, 1.165) is 36.3 Å². The van der Waals surface area contributed by atoms with Gasteiger partial charge in [-0.3, -0.25) is 9.69 Å². The number of rotatable bonds is 4. The molecule has 2 heterocycles. The molecule has 0 aromatic heterocycles. The van der Waals surface area contributed by atoms with Crippen molar-refractivity contribution >= 4 is 46.5 Å². The Balaban J connectivity index is 1.43. The molecule has 2 aliphatic heterocycles. The first-order valence-corrected chi connectivity index (χ1v) is 10.8. The molecule has 3 amide bonds. The predicted molar refractivity (Wildman–Crippen MR) is 121 cm³/mol. The van der Waals surface area contributed by atoms with E-state index in [1.165, 1.54) is 0 Å². The second-order valence-corrected chi connectivity index (χ2v) is 8.58. The van der Waals surface area contributed by atoms with Crippen LogP contribution in [-0.2, 0) is 0 Å². The topological polar surface area (TPSA) is 64.7 Å². The molecule has 0 bridgehead atoms. The maximum atomic E-state index is 12.9. The Morgan fingerprint density at radius 1 is 1.13 bits per heavy atom. The summed E-state index contributed by atoms with van der Waals surface area (Å²) in [5, 5.41) is 7.17. The molecule has 2 aromatic rings. The molecule has 4 rings (SSSR count). The van der Waals surface area contributed by atoms with Gasteiger partial charge in [-0.25, -0.2) is 4.79 Å². The van der Waals surface area contributed by atoms with Crippen molar-refractivity contribution in [1.29, 1.82) is 0 Å². The third-order valence-electron chi connectivity index (χ3n) is 5.61. The standard InChI is InChI=1S/C22H24Cl2N4O2/c1-14-11-15(4-6-19(14)28-10-8-25-22(28)30)21(29)26-17-3-2-9-27(13-17)20-7-5-16(23)12-18(20)24/h4-7,11-12,17H,2-3,8-10,13H2,1H3,(H,25,30)(H,26,29). The summed E-state index contributed by atoms with van der Waals surface area (Å²) >= 11 is 12.4. The number of carbonyl (C=O) groups excluding carboxylic acids is 2. The van der Waals surface area contributed by atoms with Gasteiger partial charge in [-0.1, -0.05) is 23.2 Å². The lowest BCUT2D eigenvalue weighted by Gasteiger charge is -2.35. The number of urea groups is 1. The van der Waals surface area contributed by atoms with E-state index in [1.807, 2.05) is 31.2 Å². The molecule has 2 fully saturated rings. The van der Waals surface area contributed by atoms with Gasteiger partial charge in [0.05, 0.1) is 10.7 Å². The molecular weight excluding hydrogens is 423 g/mol. The Morgan fingerprint density at radius 3 is 2.63 bits per heavy atom. The number of benzene rings is 2. The van der Waals surface area contributed by atoms with Crippen molar-refractivity contribution in [3.8, 4) is 0 Å². The molecule has 158 valence electrons. The summed E-state index contributed by atoms with van der Waals surface area (Å²) in [5.41, 5.74) is 3.27. The number of nitrogens with zero attached hydrogens (tertiary/aromatic N) is 2. The SMILES string of the molecule is Cc1cc(C(=O)NC2CCCN(c3ccc(Cl)cc3Cl)C2)ccc1N1CCNC1=O. The quantitative estimate of drug-likeness (QED) is 0.738. The Kier molecular flexibility index (Phi) is 6.06. The van der Waals surface area contributed by atoms with Gasteiger partial charge < -0.3 is 15.5 Å². The van der Waals surface area contributed by atoms with Gasteiger partial charge in [0.1, 0.15) is 0 Å². The smallest absolute Gasteiger partial charge is 0.322 e. The highest BCUT2D eigenvalue weighted by Crippen LogP contribution is 2.31. The van der Waals surface area contributed by atoms with Gasteiger partial charge in [-0.15, -0.1) is 0 Å². The maximum Gasteiger partial charge on any atom is 0.322 e. The van der Waals surface area contributed by atoms with E-state index in [-0.39, 0.29) is 18.0 Å². The van der Waals surface area contributed by atoms with Crippen molar-refractivity contribution in [3.05, 3.63) is 57.6 Å². The van der Waals surface area contributed by atoms with Crippen LogP contribution in [-0.4, -0.2) is 44.2 Å². The highest BCUT2D eigenvalue weighted by Gasteiger charge is 2.25. The van der Waals surface area contributed by atoms with Crippen LogP contribution in [0.15, 0.2) is 36.4 Å². The molecule has 0 aliphatic carbocycles. The van der Waals surface area contributed by atoms with Gasteiger partial charge in [-0.2, -0.15) is 0 Å². The first kappa shape index (κ1) is 20.8. The van der Waals surface area contributed by atoms with E-state index < -0.39 is 0 Å². The summed E-state index contributed by atoms with van der Waals surface area (Å²) in [4.78, 5) is 28.7. The Bertz CT molecular complexity index is 982. The van der Waals surface area contributed by atoms with Gasteiger partial charge in [0, 0.05) is 48.5 Å². The Labute approximate surface area is 186 Å². The van der Waals surface area contributed by atoms with E-state index in [0.29, 0.717) is 35.2 Å². The second-order valence-electron chi connectivity index (χ2n) is 7.74. The molecule has 0 radical (unpaired) electrons. The third kappa shape index (κ3) is 4.35. The average molecular weight is 447 g/mol. The minimum atomic E-state index is -0.107. The van der Waals surface area contributed by atoms with E-state index in [2.05, 4.69) is 15.5 Å². The zero-order valence-electron chi connectivity index (χ0n) is 16.8. The van der Waals surface area contributed by atoms with Crippen molar-refractivity contribution in [2.75, 3.05) is 36.0 Å². The number of hydrogen-bond acceptors (Lipinski definition) is 3. The first-order chi connectivity index (χ1) is 14.4. The van der Waals surface area contributed by atoms with Crippen molar-refractivity contribution in [2.24, 2.45) is 0 Å². The number of anilines is 2. The monoisotopic (exact) mass is 446 g/mol. The second kappa shape index (κ2) is 8.74. The van der Waals surface area contributed by atoms with Crippen LogP contribution in [0.5, 0.6) is 0 Å². The first-order valence-electron chi connectivity index (χ1n) is 10.1. The fraction of sp³-hybridized carbons (Fsp3) is 0.364. The van der Waals surface area contributed by atoms with Gasteiger partial charge in [0.15, 0.2) is 0 Å². The van der Waals surface area contributed by atoms with Crippen LogP contribution in [0.2, 0.25) is 10.0 Å². The summed E-state index contributed by atoms with van der Waals surface area (Å²) < 4.78 is 0. The normalized spacial score (nSPS) is 19.0. The van der Waals surface area contributed by atoms with E-state index in [1.54, 1.807) is 17.0 Å². The Hall–Kier alpha value is -2.44. The van der Waals surface area contributed by atoms with E-state index >= 15 is 0 Å². The number of aryl methyl sites for hydroxylation is 1. The highest BCUT2D eigenvalue weighted by atomic mass is 35.5. The number of nitrogens with one attached hydrogen (secondary N) is 2. The van der Waals surface area contributed by atoms with Gasteiger partial charge in [0.2, 0.25) is 0 Å². The van der Waals surface area contributed by atoms with Crippen LogP contribution in [0, 0.1) is 6.92 Å². The van der Waals surface area contributed by atoms with E-state index in [9.17, 15) is 9.59 Å². The van der Waals surface area contributed by atoms with Crippen molar-refractivity contribution in [2.45, 2.75) is 25.8 Å². The van der Waals surface area contributed by atoms with Crippen molar-refractivity contribution < 1.29 is 9.59 Å². The van der Waals surface area contributed by atoms with Gasteiger partial charge in [-0.05, 0) is 61.7 Å². The predicted octanol–water partition coefficient (Wildman–Crippen LogP) is 4.23.